The quantitative estimate of drug-likeness (QED) is 0.542. The Morgan fingerprint density at radius 3 is 2.86 bits per heavy atom. The summed E-state index contributed by atoms with van der Waals surface area (Å²) in [5, 5.41) is 0.730. The van der Waals surface area contributed by atoms with Crippen LogP contribution >= 0.6 is 28.1 Å². The molecule has 0 aliphatic heterocycles. The van der Waals surface area contributed by atoms with Crippen LogP contribution in [0, 0.1) is 5.82 Å². The molecule has 0 fully saturated rings. The molecule has 0 aliphatic carbocycles. The Bertz CT molecular complexity index is 922. The number of halogens is 2. The van der Waals surface area contributed by atoms with E-state index in [-0.39, 0.29) is 16.1 Å². The molecule has 0 saturated carbocycles. The van der Waals surface area contributed by atoms with Gasteiger partial charge in [-0.25, -0.2) is 4.39 Å². The van der Waals surface area contributed by atoms with E-state index in [1.54, 1.807) is 12.3 Å². The van der Waals surface area contributed by atoms with Gasteiger partial charge in [-0.1, -0.05) is 12.2 Å². The van der Waals surface area contributed by atoms with E-state index >= 15 is 0 Å². The van der Waals surface area contributed by atoms with Gasteiger partial charge in [0.1, 0.15) is 10.8 Å². The lowest BCUT2D eigenvalue weighted by Crippen LogP contribution is -2.13. The Hall–Kier alpha value is -2.12. The zero-order valence-corrected chi connectivity index (χ0v) is 13.5. The van der Waals surface area contributed by atoms with E-state index in [2.05, 4.69) is 25.9 Å². The maximum Gasteiger partial charge on any atom is 0.197 e. The van der Waals surface area contributed by atoms with Gasteiger partial charge < -0.3 is 10.7 Å². The number of carbonyl (C=O) groups excluding carboxylic acids is 1. The first kappa shape index (κ1) is 14.8. The number of pyridine rings is 1. The van der Waals surface area contributed by atoms with Crippen molar-refractivity contribution in [1.29, 1.82) is 0 Å². The van der Waals surface area contributed by atoms with Crippen LogP contribution in [0.5, 0.6) is 0 Å². The van der Waals surface area contributed by atoms with Crippen molar-refractivity contribution in [2.24, 2.45) is 5.73 Å². The van der Waals surface area contributed by atoms with Gasteiger partial charge in [-0.2, -0.15) is 0 Å². The molecule has 0 amide bonds. The fourth-order valence-corrected chi connectivity index (χ4v) is 3.02. The summed E-state index contributed by atoms with van der Waals surface area (Å²) >= 11 is 8.15. The molecule has 2 heterocycles. The van der Waals surface area contributed by atoms with E-state index in [1.807, 2.05) is 0 Å². The number of carbonyl (C=O) groups is 1. The van der Waals surface area contributed by atoms with E-state index in [9.17, 15) is 9.18 Å². The van der Waals surface area contributed by atoms with Crippen molar-refractivity contribution >= 4 is 49.8 Å². The summed E-state index contributed by atoms with van der Waals surface area (Å²) in [5.41, 5.74) is 6.68. The van der Waals surface area contributed by atoms with Crippen LogP contribution in [-0.4, -0.2) is 20.7 Å². The van der Waals surface area contributed by atoms with E-state index in [0.29, 0.717) is 15.7 Å². The Kier molecular flexibility index (Phi) is 3.76. The van der Waals surface area contributed by atoms with Crippen molar-refractivity contribution in [3.05, 3.63) is 63.8 Å². The molecule has 4 nitrogen and oxygen atoms in total. The highest BCUT2D eigenvalue weighted by molar-refractivity contribution is 9.10. The number of hydrogen-bond acceptors (Lipinski definition) is 3. The first-order valence-electron chi connectivity index (χ1n) is 6.24. The number of aromatic nitrogens is 2. The standard InChI is InChI=1S/C15H9BrFN3OS/c16-13-8-2-4-19-10(8)6-9(17)12(13)14(21)7-1-3-20-11(5-7)15(18)22/h1-6,19H,(H2,18,22). The normalized spacial score (nSPS) is 10.8. The van der Waals surface area contributed by atoms with Crippen molar-refractivity contribution in [1.82, 2.24) is 9.97 Å². The molecule has 0 bridgehead atoms. The van der Waals surface area contributed by atoms with Crippen molar-refractivity contribution in [3.63, 3.8) is 0 Å². The number of H-pyrrole nitrogens is 1. The molecule has 0 radical (unpaired) electrons. The fourth-order valence-electron chi connectivity index (χ4n) is 2.19. The summed E-state index contributed by atoms with van der Waals surface area (Å²) in [5.74, 6) is -1.08. The molecule has 3 N–H and O–H groups in total. The largest absolute Gasteiger partial charge is 0.388 e. The van der Waals surface area contributed by atoms with Gasteiger partial charge in [0.15, 0.2) is 5.78 Å². The molecule has 3 rings (SSSR count). The highest BCUT2D eigenvalue weighted by Gasteiger charge is 2.21. The molecule has 1 aromatic carbocycles. The summed E-state index contributed by atoms with van der Waals surface area (Å²) in [6.07, 6.45) is 3.10. The summed E-state index contributed by atoms with van der Waals surface area (Å²) in [6, 6.07) is 6.01. The highest BCUT2D eigenvalue weighted by Crippen LogP contribution is 2.31. The second-order valence-corrected chi connectivity index (χ2v) is 5.84. The number of hydrogen-bond donors (Lipinski definition) is 2. The maximum absolute atomic E-state index is 14.3. The van der Waals surface area contributed by atoms with E-state index in [1.165, 1.54) is 24.4 Å². The number of benzene rings is 1. The topological polar surface area (TPSA) is 71.8 Å². The second-order valence-electron chi connectivity index (χ2n) is 4.61. The number of thiocarbonyl (C=S) groups is 1. The fraction of sp³-hybridized carbons (Fsp3) is 0. The maximum atomic E-state index is 14.3. The lowest BCUT2D eigenvalue weighted by Gasteiger charge is -2.08. The molecule has 7 heteroatoms. The Balaban J connectivity index is 2.16. The lowest BCUT2D eigenvalue weighted by molar-refractivity contribution is 0.103. The van der Waals surface area contributed by atoms with Crippen molar-refractivity contribution < 1.29 is 9.18 Å². The van der Waals surface area contributed by atoms with Crippen molar-refractivity contribution in [2.45, 2.75) is 0 Å². The minimum atomic E-state index is -0.611. The van der Waals surface area contributed by atoms with Crippen molar-refractivity contribution in [3.8, 4) is 0 Å². The Morgan fingerprint density at radius 1 is 1.36 bits per heavy atom. The van der Waals surface area contributed by atoms with Crippen LogP contribution in [-0.2, 0) is 0 Å². The van der Waals surface area contributed by atoms with Gasteiger partial charge >= 0.3 is 0 Å². The molecule has 0 spiro atoms. The van der Waals surface area contributed by atoms with Gasteiger partial charge in [0.05, 0.1) is 11.3 Å². The van der Waals surface area contributed by atoms with Gasteiger partial charge in [0.2, 0.25) is 0 Å². The van der Waals surface area contributed by atoms with Gasteiger partial charge in [-0.05, 0) is 40.2 Å². The monoisotopic (exact) mass is 377 g/mol. The number of nitrogens with zero attached hydrogens (tertiary/aromatic N) is 1. The first-order valence-corrected chi connectivity index (χ1v) is 7.45. The van der Waals surface area contributed by atoms with Crippen LogP contribution in [0.25, 0.3) is 10.9 Å². The minimum Gasteiger partial charge on any atom is -0.388 e. The number of nitrogens with two attached hydrogens (primary N) is 1. The van der Waals surface area contributed by atoms with Crippen LogP contribution < -0.4 is 5.73 Å². The Labute approximate surface area is 138 Å². The molecule has 0 unspecified atom stereocenters. The van der Waals surface area contributed by atoms with Crippen molar-refractivity contribution in [2.75, 3.05) is 0 Å². The smallest absolute Gasteiger partial charge is 0.197 e. The summed E-state index contributed by atoms with van der Waals surface area (Å²) in [6.45, 7) is 0. The van der Waals surface area contributed by atoms with Crippen LogP contribution in [0.2, 0.25) is 0 Å². The summed E-state index contributed by atoms with van der Waals surface area (Å²) < 4.78 is 14.7. The average Bonchev–Trinajstić information content (AvgIpc) is 2.95. The van der Waals surface area contributed by atoms with Gasteiger partial charge in [-0.3, -0.25) is 9.78 Å². The first-order chi connectivity index (χ1) is 10.5. The highest BCUT2D eigenvalue weighted by atomic mass is 79.9. The lowest BCUT2D eigenvalue weighted by atomic mass is 10.0. The third kappa shape index (κ3) is 2.42. The second kappa shape index (κ2) is 5.58. The molecule has 110 valence electrons. The zero-order chi connectivity index (χ0) is 15.9. The third-order valence-electron chi connectivity index (χ3n) is 3.25. The molecule has 3 aromatic rings. The van der Waals surface area contributed by atoms with Crippen LogP contribution in [0.3, 0.4) is 0 Å². The molecule has 0 aliphatic rings. The number of fused-ring (bicyclic) bond motifs is 1. The molecule has 2 aromatic heterocycles. The third-order valence-corrected chi connectivity index (χ3v) is 4.28. The van der Waals surface area contributed by atoms with Gasteiger partial charge in [-0.15, -0.1) is 0 Å². The molecule has 0 saturated heterocycles. The molecule has 22 heavy (non-hydrogen) atoms. The number of rotatable bonds is 3. The number of aromatic amines is 1. The molecular weight excluding hydrogens is 369 g/mol. The zero-order valence-electron chi connectivity index (χ0n) is 11.1. The number of nitrogens with one attached hydrogen (secondary N) is 1. The van der Waals surface area contributed by atoms with Crippen LogP contribution in [0.4, 0.5) is 4.39 Å². The van der Waals surface area contributed by atoms with Gasteiger partial charge in [0.25, 0.3) is 0 Å². The molecule has 0 atom stereocenters. The van der Waals surface area contributed by atoms with Gasteiger partial charge in [0, 0.05) is 33.3 Å². The van der Waals surface area contributed by atoms with E-state index < -0.39 is 11.6 Å². The van der Waals surface area contributed by atoms with Crippen LogP contribution in [0.15, 0.2) is 41.1 Å². The molecular formula is C15H9BrFN3OS. The average molecular weight is 378 g/mol. The number of ketones is 1. The Morgan fingerprint density at radius 2 is 2.14 bits per heavy atom. The predicted octanol–water partition coefficient (Wildman–Crippen LogP) is 3.33. The van der Waals surface area contributed by atoms with E-state index in [0.717, 1.165) is 5.39 Å². The van der Waals surface area contributed by atoms with Crippen LogP contribution in [0.1, 0.15) is 21.6 Å². The van der Waals surface area contributed by atoms with E-state index in [4.69, 9.17) is 18.0 Å². The SMILES string of the molecule is NC(=S)c1cc(C(=O)c2c(F)cc3[nH]ccc3c2Br)ccn1. The minimum absolute atomic E-state index is 0.0350. The summed E-state index contributed by atoms with van der Waals surface area (Å²) in [4.78, 5) is 19.6. The predicted molar refractivity (Wildman–Crippen MR) is 89.5 cm³/mol. The summed E-state index contributed by atoms with van der Waals surface area (Å²) in [7, 11) is 0.